The molecule has 0 fully saturated rings. The summed E-state index contributed by atoms with van der Waals surface area (Å²) in [4.78, 5) is 8.11. The Bertz CT molecular complexity index is 527. The molecule has 0 amide bonds. The van der Waals surface area contributed by atoms with Crippen LogP contribution in [0.3, 0.4) is 0 Å². The first-order valence-corrected chi connectivity index (χ1v) is 4.46. The molecule has 0 radical (unpaired) electrons. The monoisotopic (exact) mass is 204 g/mol. The van der Waals surface area contributed by atoms with Gasteiger partial charge in [0.15, 0.2) is 11.5 Å². The molecule has 0 spiro atoms. The molecule has 0 aliphatic carbocycles. The number of benzene rings is 1. The van der Waals surface area contributed by atoms with E-state index in [0.717, 1.165) is 10.9 Å². The van der Waals surface area contributed by atoms with Crippen molar-refractivity contribution in [2.75, 3.05) is 13.9 Å². The lowest BCUT2D eigenvalue weighted by molar-refractivity contribution is 0.172. The summed E-state index contributed by atoms with van der Waals surface area (Å²) in [5.41, 5.74) is 0.748. The lowest BCUT2D eigenvalue weighted by atomic mass is 10.2. The fraction of sp³-hybridized carbons (Fsp3) is 0.200. The van der Waals surface area contributed by atoms with E-state index in [4.69, 9.17) is 14.2 Å². The highest BCUT2D eigenvalue weighted by Gasteiger charge is 2.23. The van der Waals surface area contributed by atoms with Crippen LogP contribution in [0.1, 0.15) is 0 Å². The predicted molar refractivity (Wildman–Crippen MR) is 52.2 cm³/mol. The molecule has 1 aromatic carbocycles. The third kappa shape index (κ3) is 1.09. The first-order chi connectivity index (χ1) is 7.40. The van der Waals surface area contributed by atoms with Gasteiger partial charge in [0.2, 0.25) is 12.5 Å². The number of ether oxygens (including phenoxy) is 3. The molecule has 1 aliphatic rings. The Morgan fingerprint density at radius 1 is 1.33 bits per heavy atom. The number of aromatic nitrogens is 2. The third-order valence-electron chi connectivity index (χ3n) is 2.30. The van der Waals surface area contributed by atoms with Crippen molar-refractivity contribution in [1.82, 2.24) is 9.97 Å². The number of nitrogens with zero attached hydrogens (tertiary/aromatic N) is 2. The van der Waals surface area contributed by atoms with Gasteiger partial charge in [0, 0.05) is 11.6 Å². The van der Waals surface area contributed by atoms with E-state index in [1.165, 1.54) is 6.33 Å². The summed E-state index contributed by atoms with van der Waals surface area (Å²) >= 11 is 0. The Morgan fingerprint density at radius 2 is 2.20 bits per heavy atom. The van der Waals surface area contributed by atoms with Gasteiger partial charge >= 0.3 is 0 Å². The Kier molecular flexibility index (Phi) is 1.65. The van der Waals surface area contributed by atoms with Gasteiger partial charge in [-0.05, 0) is 6.07 Å². The second kappa shape index (κ2) is 2.98. The van der Waals surface area contributed by atoms with Crippen LogP contribution in [0, 0.1) is 0 Å². The fourth-order valence-electron chi connectivity index (χ4n) is 1.63. The van der Waals surface area contributed by atoms with E-state index in [2.05, 4.69) is 9.97 Å². The molecule has 0 unspecified atom stereocenters. The minimum Gasteiger partial charge on any atom is -0.493 e. The highest BCUT2D eigenvalue weighted by Crippen LogP contribution is 2.45. The van der Waals surface area contributed by atoms with Gasteiger partial charge in [-0.25, -0.2) is 9.97 Å². The second-order valence-electron chi connectivity index (χ2n) is 3.10. The van der Waals surface area contributed by atoms with Crippen LogP contribution in [0.15, 0.2) is 18.6 Å². The van der Waals surface area contributed by atoms with Crippen molar-refractivity contribution in [2.45, 2.75) is 0 Å². The van der Waals surface area contributed by atoms with Crippen molar-refractivity contribution in [1.29, 1.82) is 0 Å². The first-order valence-electron chi connectivity index (χ1n) is 4.46. The SMILES string of the molecule is COc1cc2cncnc2c2c1OCO2. The van der Waals surface area contributed by atoms with Crippen molar-refractivity contribution in [3.63, 3.8) is 0 Å². The van der Waals surface area contributed by atoms with Crippen LogP contribution in [-0.4, -0.2) is 23.9 Å². The van der Waals surface area contributed by atoms with Crippen molar-refractivity contribution in [2.24, 2.45) is 0 Å². The van der Waals surface area contributed by atoms with Gasteiger partial charge in [0.05, 0.1) is 7.11 Å². The summed E-state index contributed by atoms with van der Waals surface area (Å²) in [5, 5.41) is 0.874. The lowest BCUT2D eigenvalue weighted by Gasteiger charge is -2.06. The molecule has 3 rings (SSSR count). The van der Waals surface area contributed by atoms with E-state index in [1.807, 2.05) is 6.07 Å². The molecule has 1 aromatic heterocycles. The molecule has 0 saturated carbocycles. The Hall–Kier alpha value is -2.04. The smallest absolute Gasteiger partial charge is 0.231 e. The molecule has 5 nitrogen and oxygen atoms in total. The van der Waals surface area contributed by atoms with E-state index in [-0.39, 0.29) is 6.79 Å². The Labute approximate surface area is 85.6 Å². The molecular formula is C10H8N2O3. The molecule has 2 heterocycles. The maximum atomic E-state index is 5.36. The van der Waals surface area contributed by atoms with Crippen molar-refractivity contribution in [3.05, 3.63) is 18.6 Å². The van der Waals surface area contributed by atoms with Crippen LogP contribution in [0.5, 0.6) is 17.2 Å². The topological polar surface area (TPSA) is 53.5 Å². The Morgan fingerprint density at radius 3 is 3.07 bits per heavy atom. The Balaban J connectivity index is 2.40. The van der Waals surface area contributed by atoms with Gasteiger partial charge in [-0.2, -0.15) is 0 Å². The molecular weight excluding hydrogens is 196 g/mol. The van der Waals surface area contributed by atoms with E-state index in [1.54, 1.807) is 13.3 Å². The largest absolute Gasteiger partial charge is 0.493 e. The summed E-state index contributed by atoms with van der Waals surface area (Å²) in [6.07, 6.45) is 3.20. The molecule has 1 aliphatic heterocycles. The minimum atomic E-state index is 0.203. The summed E-state index contributed by atoms with van der Waals surface area (Å²) in [6, 6.07) is 1.84. The molecule has 76 valence electrons. The first kappa shape index (κ1) is 8.28. The van der Waals surface area contributed by atoms with Crippen LogP contribution < -0.4 is 14.2 Å². The van der Waals surface area contributed by atoms with E-state index < -0.39 is 0 Å². The quantitative estimate of drug-likeness (QED) is 0.702. The summed E-state index contributed by atoms with van der Waals surface area (Å²) in [6.45, 7) is 0.203. The van der Waals surface area contributed by atoms with Crippen molar-refractivity contribution < 1.29 is 14.2 Å². The zero-order valence-corrected chi connectivity index (χ0v) is 8.06. The number of rotatable bonds is 1. The van der Waals surface area contributed by atoms with Gasteiger partial charge in [0.1, 0.15) is 11.8 Å². The fourth-order valence-corrected chi connectivity index (χ4v) is 1.63. The minimum absolute atomic E-state index is 0.203. The third-order valence-corrected chi connectivity index (χ3v) is 2.30. The second-order valence-corrected chi connectivity index (χ2v) is 3.10. The summed E-state index contributed by atoms with van der Waals surface area (Å²) < 4.78 is 15.9. The van der Waals surface area contributed by atoms with Crippen LogP contribution in [-0.2, 0) is 0 Å². The van der Waals surface area contributed by atoms with Crippen LogP contribution in [0.2, 0.25) is 0 Å². The zero-order valence-electron chi connectivity index (χ0n) is 8.06. The number of hydrogen-bond donors (Lipinski definition) is 0. The number of methoxy groups -OCH3 is 1. The van der Waals surface area contributed by atoms with Gasteiger partial charge in [-0.1, -0.05) is 0 Å². The van der Waals surface area contributed by atoms with Gasteiger partial charge in [0.25, 0.3) is 0 Å². The number of fused-ring (bicyclic) bond motifs is 3. The van der Waals surface area contributed by atoms with Crippen LogP contribution >= 0.6 is 0 Å². The number of hydrogen-bond acceptors (Lipinski definition) is 5. The van der Waals surface area contributed by atoms with Gasteiger partial charge < -0.3 is 14.2 Å². The maximum Gasteiger partial charge on any atom is 0.231 e. The molecule has 0 atom stereocenters. The molecule has 0 N–H and O–H groups in total. The maximum absolute atomic E-state index is 5.36. The highest BCUT2D eigenvalue weighted by atomic mass is 16.7. The standard InChI is InChI=1S/C10H8N2O3/c1-13-7-2-6-3-11-4-12-8(6)10-9(7)14-5-15-10/h2-4H,5H2,1H3. The van der Waals surface area contributed by atoms with Gasteiger partial charge in [-0.15, -0.1) is 0 Å². The average molecular weight is 204 g/mol. The lowest BCUT2D eigenvalue weighted by Crippen LogP contribution is -1.93. The predicted octanol–water partition coefficient (Wildman–Crippen LogP) is 1.37. The molecule has 2 aromatic rings. The van der Waals surface area contributed by atoms with Crippen LogP contribution in [0.4, 0.5) is 0 Å². The summed E-state index contributed by atoms with van der Waals surface area (Å²) in [5.74, 6) is 1.89. The molecule has 15 heavy (non-hydrogen) atoms. The van der Waals surface area contributed by atoms with Crippen molar-refractivity contribution >= 4 is 10.9 Å². The van der Waals surface area contributed by atoms with Crippen LogP contribution in [0.25, 0.3) is 10.9 Å². The molecule has 5 heteroatoms. The van der Waals surface area contributed by atoms with E-state index in [0.29, 0.717) is 17.2 Å². The molecule has 0 saturated heterocycles. The summed E-state index contributed by atoms with van der Waals surface area (Å²) in [7, 11) is 1.59. The van der Waals surface area contributed by atoms with E-state index in [9.17, 15) is 0 Å². The average Bonchev–Trinajstić information content (AvgIpc) is 2.77. The van der Waals surface area contributed by atoms with E-state index >= 15 is 0 Å². The molecule has 0 bridgehead atoms. The normalized spacial score (nSPS) is 13.1. The van der Waals surface area contributed by atoms with Crippen molar-refractivity contribution in [3.8, 4) is 17.2 Å². The zero-order chi connectivity index (χ0) is 10.3. The highest BCUT2D eigenvalue weighted by molar-refractivity contribution is 5.89. The van der Waals surface area contributed by atoms with Gasteiger partial charge in [-0.3, -0.25) is 0 Å².